The van der Waals surface area contributed by atoms with Gasteiger partial charge in [0.1, 0.15) is 0 Å². The summed E-state index contributed by atoms with van der Waals surface area (Å²) in [5.74, 6) is 0.0598. The fraction of sp³-hybridized carbons (Fsp3) is 0.267. The summed E-state index contributed by atoms with van der Waals surface area (Å²) in [7, 11) is 1.80. The number of furan rings is 1. The van der Waals surface area contributed by atoms with Gasteiger partial charge < -0.3 is 14.6 Å². The van der Waals surface area contributed by atoms with Gasteiger partial charge in [0.2, 0.25) is 5.91 Å². The molecule has 19 heavy (non-hydrogen) atoms. The Balaban J connectivity index is 2.05. The molecule has 0 aliphatic carbocycles. The molecule has 100 valence electrons. The van der Waals surface area contributed by atoms with Crippen molar-refractivity contribution in [1.29, 1.82) is 0 Å². The number of rotatable bonds is 5. The van der Waals surface area contributed by atoms with Gasteiger partial charge in [0.25, 0.3) is 0 Å². The maximum absolute atomic E-state index is 11.3. The molecule has 0 aliphatic heterocycles. The van der Waals surface area contributed by atoms with E-state index in [1.165, 1.54) is 0 Å². The van der Waals surface area contributed by atoms with E-state index in [0.29, 0.717) is 13.1 Å². The lowest BCUT2D eigenvalue weighted by Crippen LogP contribution is -2.23. The molecule has 4 nitrogen and oxygen atoms in total. The van der Waals surface area contributed by atoms with Crippen LogP contribution in [-0.2, 0) is 17.9 Å². The summed E-state index contributed by atoms with van der Waals surface area (Å²) in [4.78, 5) is 13.0. The number of hydrogen-bond acceptors (Lipinski definition) is 3. The van der Waals surface area contributed by atoms with Crippen molar-refractivity contribution in [2.45, 2.75) is 20.0 Å². The van der Waals surface area contributed by atoms with Gasteiger partial charge in [-0.3, -0.25) is 4.79 Å². The van der Waals surface area contributed by atoms with Gasteiger partial charge in [0.05, 0.1) is 12.5 Å². The van der Waals surface area contributed by atoms with Gasteiger partial charge in [-0.1, -0.05) is 18.2 Å². The van der Waals surface area contributed by atoms with Crippen LogP contribution in [-0.4, -0.2) is 17.9 Å². The van der Waals surface area contributed by atoms with Gasteiger partial charge in [0, 0.05) is 38.3 Å². The van der Waals surface area contributed by atoms with Crippen molar-refractivity contribution < 1.29 is 9.21 Å². The van der Waals surface area contributed by atoms with Crippen LogP contribution in [0.4, 0.5) is 5.69 Å². The highest BCUT2D eigenvalue weighted by Gasteiger charge is 2.07. The third kappa shape index (κ3) is 3.61. The molecule has 0 bridgehead atoms. The highest BCUT2D eigenvalue weighted by molar-refractivity contribution is 5.73. The van der Waals surface area contributed by atoms with Crippen molar-refractivity contribution >= 4 is 11.6 Å². The van der Waals surface area contributed by atoms with E-state index in [9.17, 15) is 4.79 Å². The van der Waals surface area contributed by atoms with Crippen molar-refractivity contribution in [1.82, 2.24) is 4.90 Å². The Bertz CT molecular complexity index is 535. The predicted octanol–water partition coefficient (Wildman–Crippen LogP) is 2.87. The zero-order valence-corrected chi connectivity index (χ0v) is 11.2. The van der Waals surface area contributed by atoms with Crippen LogP contribution in [0.5, 0.6) is 0 Å². The zero-order valence-electron chi connectivity index (χ0n) is 11.2. The maximum Gasteiger partial charge on any atom is 0.219 e. The van der Waals surface area contributed by atoms with Crippen molar-refractivity contribution in [3.05, 3.63) is 54.0 Å². The van der Waals surface area contributed by atoms with Gasteiger partial charge in [-0.05, 0) is 17.7 Å². The quantitative estimate of drug-likeness (QED) is 0.897. The Morgan fingerprint density at radius 1 is 1.32 bits per heavy atom. The Kier molecular flexibility index (Phi) is 4.23. The Labute approximate surface area is 113 Å². The number of carbonyl (C=O) groups is 1. The molecule has 0 spiro atoms. The Morgan fingerprint density at radius 2 is 2.11 bits per heavy atom. The summed E-state index contributed by atoms with van der Waals surface area (Å²) < 4.78 is 5.04. The molecule has 0 saturated carbocycles. The monoisotopic (exact) mass is 258 g/mol. The molecule has 2 rings (SSSR count). The minimum Gasteiger partial charge on any atom is -0.472 e. The molecule has 0 aliphatic rings. The minimum atomic E-state index is 0.0598. The molecular weight excluding hydrogens is 240 g/mol. The second-order valence-electron chi connectivity index (χ2n) is 4.52. The molecular formula is C15H18N2O2. The summed E-state index contributed by atoms with van der Waals surface area (Å²) in [6.45, 7) is 2.88. The molecule has 1 heterocycles. The van der Waals surface area contributed by atoms with Gasteiger partial charge in [-0.25, -0.2) is 0 Å². The van der Waals surface area contributed by atoms with Crippen LogP contribution >= 0.6 is 0 Å². The summed E-state index contributed by atoms with van der Waals surface area (Å²) in [5, 5.41) is 3.36. The molecule has 1 amide bonds. The van der Waals surface area contributed by atoms with Crippen LogP contribution in [0.15, 0.2) is 47.3 Å². The van der Waals surface area contributed by atoms with E-state index in [1.807, 2.05) is 30.3 Å². The van der Waals surface area contributed by atoms with Crippen LogP contribution < -0.4 is 5.32 Å². The highest BCUT2D eigenvalue weighted by atomic mass is 16.3. The summed E-state index contributed by atoms with van der Waals surface area (Å²) in [6, 6.07) is 9.93. The molecule has 4 heteroatoms. The fourth-order valence-electron chi connectivity index (χ4n) is 1.79. The van der Waals surface area contributed by atoms with E-state index in [-0.39, 0.29) is 5.91 Å². The van der Waals surface area contributed by atoms with E-state index >= 15 is 0 Å². The standard InChI is InChI=1S/C15H18N2O2/c1-12(18)17(2)10-14-5-3-4-6-15(14)16-9-13-7-8-19-11-13/h3-8,11,16H,9-10H2,1-2H3. The average Bonchev–Trinajstić information content (AvgIpc) is 2.90. The first-order valence-electron chi connectivity index (χ1n) is 6.21. The number of nitrogens with one attached hydrogen (secondary N) is 1. The fourth-order valence-corrected chi connectivity index (χ4v) is 1.79. The number of amides is 1. The Morgan fingerprint density at radius 3 is 2.79 bits per heavy atom. The predicted molar refractivity (Wildman–Crippen MR) is 74.6 cm³/mol. The van der Waals surface area contributed by atoms with Gasteiger partial charge >= 0.3 is 0 Å². The lowest BCUT2D eigenvalue weighted by atomic mass is 10.1. The molecule has 0 radical (unpaired) electrons. The van der Waals surface area contributed by atoms with E-state index in [2.05, 4.69) is 5.32 Å². The molecule has 1 aromatic carbocycles. The number of carbonyl (C=O) groups excluding carboxylic acids is 1. The number of benzene rings is 1. The first kappa shape index (κ1) is 13.2. The smallest absolute Gasteiger partial charge is 0.219 e. The van der Waals surface area contributed by atoms with Crippen LogP contribution in [0.3, 0.4) is 0 Å². The van der Waals surface area contributed by atoms with Crippen LogP contribution in [0.25, 0.3) is 0 Å². The number of nitrogens with zero attached hydrogens (tertiary/aromatic N) is 1. The summed E-state index contributed by atoms with van der Waals surface area (Å²) >= 11 is 0. The minimum absolute atomic E-state index is 0.0598. The maximum atomic E-state index is 11.3. The first-order chi connectivity index (χ1) is 9.16. The molecule has 1 N–H and O–H groups in total. The van der Waals surface area contributed by atoms with Gasteiger partial charge in [-0.2, -0.15) is 0 Å². The molecule has 1 aromatic heterocycles. The average molecular weight is 258 g/mol. The zero-order chi connectivity index (χ0) is 13.7. The summed E-state index contributed by atoms with van der Waals surface area (Å²) in [5.41, 5.74) is 3.23. The summed E-state index contributed by atoms with van der Waals surface area (Å²) in [6.07, 6.45) is 3.38. The van der Waals surface area contributed by atoms with Crippen LogP contribution in [0, 0.1) is 0 Å². The molecule has 0 atom stereocenters. The normalized spacial score (nSPS) is 10.2. The van der Waals surface area contributed by atoms with E-state index in [4.69, 9.17) is 4.42 Å². The molecule has 0 saturated heterocycles. The first-order valence-corrected chi connectivity index (χ1v) is 6.21. The van der Waals surface area contributed by atoms with Crippen molar-refractivity contribution in [2.24, 2.45) is 0 Å². The second kappa shape index (κ2) is 6.09. The third-order valence-electron chi connectivity index (χ3n) is 3.03. The number of para-hydroxylation sites is 1. The lowest BCUT2D eigenvalue weighted by Gasteiger charge is -2.18. The second-order valence-corrected chi connectivity index (χ2v) is 4.52. The van der Waals surface area contributed by atoms with E-state index in [1.54, 1.807) is 31.4 Å². The SMILES string of the molecule is CC(=O)N(C)Cc1ccccc1NCc1ccoc1. The van der Waals surface area contributed by atoms with Crippen LogP contribution in [0.2, 0.25) is 0 Å². The van der Waals surface area contributed by atoms with Crippen molar-refractivity contribution in [2.75, 3.05) is 12.4 Å². The number of anilines is 1. The molecule has 0 fully saturated rings. The topological polar surface area (TPSA) is 45.5 Å². The van der Waals surface area contributed by atoms with Gasteiger partial charge in [0.15, 0.2) is 0 Å². The molecule has 2 aromatic rings. The molecule has 0 unspecified atom stereocenters. The Hall–Kier alpha value is -2.23. The van der Waals surface area contributed by atoms with Crippen LogP contribution in [0.1, 0.15) is 18.1 Å². The van der Waals surface area contributed by atoms with Gasteiger partial charge in [-0.15, -0.1) is 0 Å². The van der Waals surface area contributed by atoms with E-state index in [0.717, 1.165) is 16.8 Å². The van der Waals surface area contributed by atoms with E-state index < -0.39 is 0 Å². The van der Waals surface area contributed by atoms with Crippen molar-refractivity contribution in [3.8, 4) is 0 Å². The lowest BCUT2D eigenvalue weighted by molar-refractivity contribution is -0.128. The third-order valence-corrected chi connectivity index (χ3v) is 3.03. The van der Waals surface area contributed by atoms with Crippen molar-refractivity contribution in [3.63, 3.8) is 0 Å². The largest absolute Gasteiger partial charge is 0.472 e. The highest BCUT2D eigenvalue weighted by Crippen LogP contribution is 2.18. The number of hydrogen-bond donors (Lipinski definition) is 1.